The molecule has 0 N–H and O–H groups in total. The van der Waals surface area contributed by atoms with E-state index in [1.54, 1.807) is 19.1 Å². The van der Waals surface area contributed by atoms with Crippen molar-refractivity contribution in [3.8, 4) is 17.1 Å². The number of rotatable bonds is 9. The Morgan fingerprint density at radius 1 is 1.21 bits per heavy atom. The third-order valence-corrected chi connectivity index (χ3v) is 5.62. The first-order valence-corrected chi connectivity index (χ1v) is 11.2. The molecule has 0 bridgehead atoms. The van der Waals surface area contributed by atoms with E-state index in [1.165, 1.54) is 13.2 Å². The van der Waals surface area contributed by atoms with Gasteiger partial charge < -0.3 is 4.74 Å². The lowest BCUT2D eigenvalue weighted by Gasteiger charge is -2.09. The highest BCUT2D eigenvalue weighted by molar-refractivity contribution is 5.81. The molecule has 1 fully saturated rings. The smallest absolute Gasteiger partial charge is 0.435 e. The van der Waals surface area contributed by atoms with Crippen LogP contribution in [0.25, 0.3) is 11.3 Å². The minimum atomic E-state index is -4.59. The molecular weight excluding hydrogens is 447 g/mol. The Morgan fingerprint density at radius 3 is 2.62 bits per heavy atom. The molecule has 0 aromatic carbocycles. The van der Waals surface area contributed by atoms with E-state index in [0.717, 1.165) is 28.8 Å². The van der Waals surface area contributed by atoms with Crippen molar-refractivity contribution in [1.29, 1.82) is 0 Å². The van der Waals surface area contributed by atoms with Gasteiger partial charge in [-0.15, -0.1) is 5.10 Å². The Morgan fingerprint density at radius 2 is 1.97 bits per heavy atom. The van der Waals surface area contributed by atoms with Crippen molar-refractivity contribution in [3.05, 3.63) is 52.6 Å². The number of Topliss-reactive ketones (excluding diaryl/α,β-unsaturated/α-hetero) is 1. The zero-order valence-electron chi connectivity index (χ0n) is 19.3. The van der Waals surface area contributed by atoms with Gasteiger partial charge in [0.1, 0.15) is 5.78 Å². The quantitative estimate of drug-likeness (QED) is 0.451. The SMILES string of the molecule is CCOc1cc(CC(=O)CCc2cc(C)c(-c3cn(C)nc3C(F)(F)F)nn2)cc(C2CC2)n1. The minimum absolute atomic E-state index is 0.0329. The van der Waals surface area contributed by atoms with Crippen molar-refractivity contribution in [2.24, 2.45) is 7.05 Å². The van der Waals surface area contributed by atoms with Gasteiger partial charge in [-0.25, -0.2) is 4.98 Å². The number of aryl methyl sites for hydroxylation is 3. The van der Waals surface area contributed by atoms with E-state index >= 15 is 0 Å². The summed E-state index contributed by atoms with van der Waals surface area (Å²) in [5.74, 6) is 1.02. The van der Waals surface area contributed by atoms with Gasteiger partial charge in [-0.1, -0.05) is 0 Å². The lowest BCUT2D eigenvalue weighted by atomic mass is 10.0. The van der Waals surface area contributed by atoms with Crippen molar-refractivity contribution in [1.82, 2.24) is 25.0 Å². The molecule has 1 aliphatic rings. The van der Waals surface area contributed by atoms with Gasteiger partial charge in [0.25, 0.3) is 0 Å². The zero-order chi connectivity index (χ0) is 24.5. The summed E-state index contributed by atoms with van der Waals surface area (Å²) in [5.41, 5.74) is 1.96. The molecule has 0 saturated heterocycles. The van der Waals surface area contributed by atoms with Gasteiger partial charge in [-0.05, 0) is 56.4 Å². The summed E-state index contributed by atoms with van der Waals surface area (Å²) < 4.78 is 46.6. The maximum atomic E-state index is 13.3. The summed E-state index contributed by atoms with van der Waals surface area (Å²) in [6.07, 6.45) is -0.239. The molecule has 0 aliphatic heterocycles. The number of carbonyl (C=O) groups excluding carboxylic acids is 1. The fraction of sp³-hybridized carbons (Fsp3) is 0.458. The topological polar surface area (TPSA) is 82.8 Å². The summed E-state index contributed by atoms with van der Waals surface area (Å²) in [7, 11) is 1.43. The lowest BCUT2D eigenvalue weighted by Crippen LogP contribution is -2.10. The van der Waals surface area contributed by atoms with Crippen LogP contribution in [0, 0.1) is 6.92 Å². The predicted octanol–water partition coefficient (Wildman–Crippen LogP) is 4.62. The van der Waals surface area contributed by atoms with E-state index in [2.05, 4.69) is 20.3 Å². The van der Waals surface area contributed by atoms with Crippen molar-refractivity contribution >= 4 is 5.78 Å². The number of ether oxygens (including phenoxy) is 1. The first-order chi connectivity index (χ1) is 16.1. The Labute approximate surface area is 195 Å². The summed E-state index contributed by atoms with van der Waals surface area (Å²) in [6, 6.07) is 5.45. The molecule has 1 saturated carbocycles. The van der Waals surface area contributed by atoms with Gasteiger partial charge in [0.2, 0.25) is 5.88 Å². The van der Waals surface area contributed by atoms with Crippen LogP contribution in [0.1, 0.15) is 60.3 Å². The largest absolute Gasteiger partial charge is 0.478 e. The minimum Gasteiger partial charge on any atom is -0.478 e. The number of ketones is 1. The number of pyridine rings is 1. The lowest BCUT2D eigenvalue weighted by molar-refractivity contribution is -0.141. The molecule has 4 rings (SSSR count). The molecule has 3 aromatic rings. The third-order valence-electron chi connectivity index (χ3n) is 5.62. The van der Waals surface area contributed by atoms with Crippen LogP contribution < -0.4 is 4.74 Å². The van der Waals surface area contributed by atoms with Gasteiger partial charge >= 0.3 is 6.18 Å². The molecule has 10 heteroatoms. The maximum Gasteiger partial charge on any atom is 0.435 e. The first-order valence-electron chi connectivity index (χ1n) is 11.2. The average Bonchev–Trinajstić information content (AvgIpc) is 3.53. The normalized spacial score (nSPS) is 13.8. The van der Waals surface area contributed by atoms with Crippen LogP contribution in [0.2, 0.25) is 0 Å². The Hall–Kier alpha value is -3.30. The second-order valence-corrected chi connectivity index (χ2v) is 8.59. The van der Waals surface area contributed by atoms with Gasteiger partial charge in [-0.3, -0.25) is 9.48 Å². The molecule has 0 radical (unpaired) electrons. The van der Waals surface area contributed by atoms with Gasteiger partial charge in [0, 0.05) is 43.8 Å². The Bertz CT molecular complexity index is 1200. The zero-order valence-corrected chi connectivity index (χ0v) is 19.3. The van der Waals surface area contributed by atoms with E-state index in [1.807, 2.05) is 13.0 Å². The van der Waals surface area contributed by atoms with Crippen molar-refractivity contribution in [2.75, 3.05) is 6.61 Å². The highest BCUT2D eigenvalue weighted by Gasteiger charge is 2.38. The van der Waals surface area contributed by atoms with Crippen LogP contribution in [0.15, 0.2) is 24.4 Å². The van der Waals surface area contributed by atoms with E-state index in [9.17, 15) is 18.0 Å². The molecule has 3 aromatic heterocycles. The van der Waals surface area contributed by atoms with Crippen molar-refractivity contribution < 1.29 is 22.7 Å². The summed E-state index contributed by atoms with van der Waals surface area (Å²) in [4.78, 5) is 17.2. The average molecular weight is 473 g/mol. The van der Waals surface area contributed by atoms with Crippen molar-refractivity contribution in [3.63, 3.8) is 0 Å². The van der Waals surface area contributed by atoms with Crippen LogP contribution >= 0.6 is 0 Å². The second kappa shape index (κ2) is 9.52. The van der Waals surface area contributed by atoms with Gasteiger partial charge in [0.15, 0.2) is 5.69 Å². The summed E-state index contributed by atoms with van der Waals surface area (Å²) in [5, 5.41) is 11.6. The Kier molecular flexibility index (Phi) is 6.67. The van der Waals surface area contributed by atoms with Crippen LogP contribution in [-0.4, -0.2) is 37.4 Å². The molecule has 0 unspecified atom stereocenters. The molecule has 180 valence electrons. The van der Waals surface area contributed by atoms with Gasteiger partial charge in [-0.2, -0.15) is 23.4 Å². The van der Waals surface area contributed by atoms with Crippen LogP contribution in [0.5, 0.6) is 5.88 Å². The van der Waals surface area contributed by atoms with E-state index in [4.69, 9.17) is 4.74 Å². The van der Waals surface area contributed by atoms with E-state index < -0.39 is 11.9 Å². The molecule has 0 atom stereocenters. The van der Waals surface area contributed by atoms with E-state index in [0.29, 0.717) is 36.1 Å². The monoisotopic (exact) mass is 473 g/mol. The molecule has 0 amide bonds. The number of carbonyl (C=O) groups is 1. The van der Waals surface area contributed by atoms with Crippen LogP contribution in [0.3, 0.4) is 0 Å². The predicted molar refractivity (Wildman–Crippen MR) is 118 cm³/mol. The van der Waals surface area contributed by atoms with Crippen LogP contribution in [0.4, 0.5) is 13.2 Å². The van der Waals surface area contributed by atoms with Gasteiger partial charge in [0.05, 0.1) is 23.6 Å². The summed E-state index contributed by atoms with van der Waals surface area (Å²) >= 11 is 0. The molecule has 7 nitrogen and oxygen atoms in total. The third kappa shape index (κ3) is 5.60. The Balaban J connectivity index is 1.43. The number of halogens is 3. The number of aromatic nitrogens is 5. The summed E-state index contributed by atoms with van der Waals surface area (Å²) in [6.45, 7) is 4.07. The number of alkyl halides is 3. The highest BCUT2D eigenvalue weighted by Crippen LogP contribution is 2.40. The first kappa shape index (κ1) is 23.8. The van der Waals surface area contributed by atoms with Crippen molar-refractivity contribution in [2.45, 2.75) is 58.0 Å². The molecule has 34 heavy (non-hydrogen) atoms. The second-order valence-electron chi connectivity index (χ2n) is 8.59. The fourth-order valence-corrected chi connectivity index (χ4v) is 3.88. The van der Waals surface area contributed by atoms with E-state index in [-0.39, 0.29) is 29.9 Å². The number of nitrogens with zero attached hydrogens (tertiary/aromatic N) is 5. The molecule has 1 aliphatic carbocycles. The molecule has 0 spiro atoms. The highest BCUT2D eigenvalue weighted by atomic mass is 19.4. The van der Waals surface area contributed by atoms with Crippen LogP contribution in [-0.2, 0) is 30.9 Å². The standard InChI is InChI=1S/C24H26F3N5O2/c1-4-34-21-12-15(11-20(28-21)16-5-6-16)10-18(33)8-7-17-9-14(2)22(30-29-17)19-13-32(3)31-23(19)24(25,26)27/h9,11-13,16H,4-8,10H2,1-3H3. The fourth-order valence-electron chi connectivity index (χ4n) is 3.88. The molecule has 3 heterocycles. The maximum absolute atomic E-state index is 13.3. The number of hydrogen-bond donors (Lipinski definition) is 0. The number of hydrogen-bond acceptors (Lipinski definition) is 6. The molecular formula is C24H26F3N5O2.